The van der Waals surface area contributed by atoms with Gasteiger partial charge in [-0.15, -0.1) is 0 Å². The molecule has 21 heavy (non-hydrogen) atoms. The molecule has 112 valence electrons. The maximum Gasteiger partial charge on any atom is 0.416 e. The van der Waals surface area contributed by atoms with Crippen LogP contribution in [0.5, 0.6) is 0 Å². The van der Waals surface area contributed by atoms with Gasteiger partial charge in [0.25, 0.3) is 0 Å². The molecule has 1 heterocycles. The molecular weight excluding hydrogens is 303 g/mol. The summed E-state index contributed by atoms with van der Waals surface area (Å²) < 4.78 is 40.3. The molecule has 1 aromatic heterocycles. The lowest BCUT2D eigenvalue weighted by Crippen LogP contribution is -2.12. The van der Waals surface area contributed by atoms with Crippen molar-refractivity contribution in [2.75, 3.05) is 0 Å². The highest BCUT2D eigenvalue weighted by Crippen LogP contribution is 2.35. The summed E-state index contributed by atoms with van der Waals surface area (Å²) in [5, 5.41) is 9.98. The van der Waals surface area contributed by atoms with Crippen molar-refractivity contribution >= 4 is 11.6 Å². The Morgan fingerprint density at radius 3 is 2.71 bits per heavy atom. The van der Waals surface area contributed by atoms with Crippen molar-refractivity contribution < 1.29 is 18.3 Å². The van der Waals surface area contributed by atoms with Crippen molar-refractivity contribution in [2.45, 2.75) is 31.5 Å². The predicted octanol–water partition coefficient (Wildman–Crippen LogP) is 4.52. The van der Waals surface area contributed by atoms with Crippen LogP contribution in [0.25, 0.3) is 5.69 Å². The average Bonchev–Trinajstić information content (AvgIpc) is 2.82. The molecule has 1 aromatic carbocycles. The second kappa shape index (κ2) is 5.07. The van der Waals surface area contributed by atoms with Crippen LogP contribution in [0.4, 0.5) is 13.2 Å². The Morgan fingerprint density at radius 1 is 1.24 bits per heavy atom. The van der Waals surface area contributed by atoms with E-state index in [1.165, 1.54) is 6.07 Å². The zero-order valence-corrected chi connectivity index (χ0v) is 11.7. The first-order chi connectivity index (χ1) is 9.86. The molecular formula is C15H13ClF3NO. The van der Waals surface area contributed by atoms with Gasteiger partial charge in [0.1, 0.15) is 0 Å². The summed E-state index contributed by atoms with van der Waals surface area (Å²) in [5.74, 6) is 0. The Balaban J connectivity index is 2.11. The first-order valence-corrected chi connectivity index (χ1v) is 7.00. The van der Waals surface area contributed by atoms with Gasteiger partial charge in [-0.05, 0) is 43.5 Å². The topological polar surface area (TPSA) is 25.2 Å². The minimum atomic E-state index is -4.44. The van der Waals surface area contributed by atoms with E-state index in [0.29, 0.717) is 12.1 Å². The molecule has 1 N–H and O–H groups in total. The fraction of sp³-hybridized carbons (Fsp3) is 0.333. The van der Waals surface area contributed by atoms with Gasteiger partial charge in [-0.1, -0.05) is 11.6 Å². The number of aliphatic hydroxyl groups excluding tert-OH is 1. The van der Waals surface area contributed by atoms with Crippen molar-refractivity contribution in [3.05, 3.63) is 52.3 Å². The number of hydrogen-bond donors (Lipinski definition) is 1. The summed E-state index contributed by atoms with van der Waals surface area (Å²) in [5.41, 5.74) is 1.23. The van der Waals surface area contributed by atoms with Crippen LogP contribution in [0, 0.1) is 0 Å². The van der Waals surface area contributed by atoms with Crippen LogP contribution in [-0.2, 0) is 12.6 Å². The molecule has 6 heteroatoms. The van der Waals surface area contributed by atoms with E-state index < -0.39 is 17.8 Å². The number of alkyl halides is 3. The summed E-state index contributed by atoms with van der Waals surface area (Å²) in [6, 6.07) is 5.24. The van der Waals surface area contributed by atoms with Gasteiger partial charge in [-0.25, -0.2) is 0 Å². The van der Waals surface area contributed by atoms with Gasteiger partial charge in [0.15, 0.2) is 0 Å². The molecule has 0 saturated heterocycles. The number of halogens is 4. The van der Waals surface area contributed by atoms with E-state index in [1.54, 1.807) is 16.8 Å². The van der Waals surface area contributed by atoms with E-state index in [-0.39, 0.29) is 5.02 Å². The smallest absolute Gasteiger partial charge is 0.388 e. The normalized spacial score (nSPS) is 18.6. The summed E-state index contributed by atoms with van der Waals surface area (Å²) in [7, 11) is 0. The van der Waals surface area contributed by atoms with Crippen LogP contribution in [-0.4, -0.2) is 9.67 Å². The number of aliphatic hydroxyl groups is 1. The SMILES string of the molecule is OC1CCCc2c1ccn2-c1cc(Cl)cc(C(F)(F)F)c1. The molecule has 1 aliphatic carbocycles. The van der Waals surface area contributed by atoms with Crippen LogP contribution >= 0.6 is 11.6 Å². The molecule has 0 spiro atoms. The zero-order valence-electron chi connectivity index (χ0n) is 11.0. The highest BCUT2D eigenvalue weighted by molar-refractivity contribution is 6.30. The Bertz CT molecular complexity index is 678. The molecule has 1 unspecified atom stereocenters. The van der Waals surface area contributed by atoms with Gasteiger partial charge >= 0.3 is 6.18 Å². The largest absolute Gasteiger partial charge is 0.416 e. The third kappa shape index (κ3) is 2.68. The Kier molecular flexibility index (Phi) is 3.50. The van der Waals surface area contributed by atoms with Gasteiger partial charge in [-0.2, -0.15) is 13.2 Å². The molecule has 2 nitrogen and oxygen atoms in total. The molecule has 0 saturated carbocycles. The summed E-state index contributed by atoms with van der Waals surface area (Å²) in [6.07, 6.45) is -1.08. The van der Waals surface area contributed by atoms with Crippen molar-refractivity contribution in [1.82, 2.24) is 4.57 Å². The predicted molar refractivity (Wildman–Crippen MR) is 73.7 cm³/mol. The molecule has 0 radical (unpaired) electrons. The maximum absolute atomic E-state index is 12.9. The lowest BCUT2D eigenvalue weighted by molar-refractivity contribution is -0.137. The Morgan fingerprint density at radius 2 is 2.00 bits per heavy atom. The summed E-state index contributed by atoms with van der Waals surface area (Å²) in [6.45, 7) is 0. The highest BCUT2D eigenvalue weighted by atomic mass is 35.5. The van der Waals surface area contributed by atoms with Gasteiger partial charge < -0.3 is 9.67 Å². The van der Waals surface area contributed by atoms with Crippen LogP contribution in [0.1, 0.15) is 35.8 Å². The van der Waals surface area contributed by atoms with Crippen molar-refractivity contribution in [3.63, 3.8) is 0 Å². The summed E-state index contributed by atoms with van der Waals surface area (Å²) in [4.78, 5) is 0. The molecule has 0 amide bonds. The second-order valence-corrected chi connectivity index (χ2v) is 5.63. The van der Waals surface area contributed by atoms with E-state index >= 15 is 0 Å². The number of nitrogens with zero attached hydrogens (tertiary/aromatic N) is 1. The van der Waals surface area contributed by atoms with Crippen molar-refractivity contribution in [1.29, 1.82) is 0 Å². The zero-order chi connectivity index (χ0) is 15.2. The molecule has 0 fully saturated rings. The van der Waals surface area contributed by atoms with E-state index in [0.717, 1.165) is 36.2 Å². The van der Waals surface area contributed by atoms with Crippen molar-refractivity contribution in [3.8, 4) is 5.69 Å². The van der Waals surface area contributed by atoms with E-state index in [1.807, 2.05) is 0 Å². The van der Waals surface area contributed by atoms with E-state index in [4.69, 9.17) is 11.6 Å². The number of benzene rings is 1. The van der Waals surface area contributed by atoms with Crippen molar-refractivity contribution in [2.24, 2.45) is 0 Å². The van der Waals surface area contributed by atoms with Gasteiger partial charge in [0, 0.05) is 28.2 Å². The maximum atomic E-state index is 12.9. The highest BCUT2D eigenvalue weighted by Gasteiger charge is 2.31. The van der Waals surface area contributed by atoms with E-state index in [9.17, 15) is 18.3 Å². The fourth-order valence-corrected chi connectivity index (χ4v) is 3.01. The number of fused-ring (bicyclic) bond motifs is 1. The molecule has 2 aromatic rings. The quantitative estimate of drug-likeness (QED) is 0.822. The average molecular weight is 316 g/mol. The lowest BCUT2D eigenvalue weighted by atomic mass is 9.95. The molecule has 3 rings (SSSR count). The van der Waals surface area contributed by atoms with E-state index in [2.05, 4.69) is 0 Å². The van der Waals surface area contributed by atoms with Gasteiger partial charge in [-0.3, -0.25) is 0 Å². The standard InChI is InChI=1S/C15H13ClF3NO/c16-10-6-9(15(17,18)19)7-11(8-10)20-5-4-12-13(20)2-1-3-14(12)21/h4-8,14,21H,1-3H2. The Labute approximate surface area is 124 Å². The fourth-order valence-electron chi connectivity index (χ4n) is 2.79. The molecule has 1 aliphatic rings. The lowest BCUT2D eigenvalue weighted by Gasteiger charge is -2.20. The summed E-state index contributed by atoms with van der Waals surface area (Å²) >= 11 is 5.82. The third-order valence-electron chi connectivity index (χ3n) is 3.77. The number of hydrogen-bond acceptors (Lipinski definition) is 1. The first kappa shape index (κ1) is 14.5. The molecule has 0 bridgehead atoms. The third-order valence-corrected chi connectivity index (χ3v) is 3.98. The number of aromatic nitrogens is 1. The minimum Gasteiger partial charge on any atom is -0.388 e. The Hall–Kier alpha value is -1.46. The number of rotatable bonds is 1. The van der Waals surface area contributed by atoms with Crippen LogP contribution in [0.2, 0.25) is 5.02 Å². The van der Waals surface area contributed by atoms with Gasteiger partial charge in [0.2, 0.25) is 0 Å². The first-order valence-electron chi connectivity index (χ1n) is 6.62. The molecule has 1 atom stereocenters. The van der Waals surface area contributed by atoms with Crippen LogP contribution in [0.15, 0.2) is 30.5 Å². The monoisotopic (exact) mass is 315 g/mol. The second-order valence-electron chi connectivity index (χ2n) is 5.19. The molecule has 0 aliphatic heterocycles. The van der Waals surface area contributed by atoms with Gasteiger partial charge in [0.05, 0.1) is 11.7 Å². The van der Waals surface area contributed by atoms with Crippen LogP contribution < -0.4 is 0 Å². The van der Waals surface area contributed by atoms with Crippen LogP contribution in [0.3, 0.4) is 0 Å². The minimum absolute atomic E-state index is 0.0404.